The predicted molar refractivity (Wildman–Crippen MR) is 59.5 cm³/mol. The molecule has 1 unspecified atom stereocenters. The molecule has 0 aromatic heterocycles. The van der Waals surface area contributed by atoms with Crippen molar-refractivity contribution in [3.8, 4) is 0 Å². The molecule has 0 spiro atoms. The van der Waals surface area contributed by atoms with Crippen LogP contribution in [0, 0.1) is 11.8 Å². The molecule has 5 nitrogen and oxygen atoms in total. The van der Waals surface area contributed by atoms with Gasteiger partial charge in [-0.3, -0.25) is 0 Å². The number of ether oxygens (including phenoxy) is 1. The quantitative estimate of drug-likeness (QED) is 0.740. The Balaban J connectivity index is 3.98. The minimum absolute atomic E-state index is 0.160. The lowest BCUT2D eigenvalue weighted by Crippen LogP contribution is -2.35. The van der Waals surface area contributed by atoms with E-state index in [1.807, 2.05) is 19.3 Å². The summed E-state index contributed by atoms with van der Waals surface area (Å²) in [6.45, 7) is 10.7. The van der Waals surface area contributed by atoms with Crippen LogP contribution in [0.4, 0.5) is 4.79 Å². The molecule has 0 fully saturated rings. The van der Waals surface area contributed by atoms with E-state index in [2.05, 4.69) is 4.84 Å². The van der Waals surface area contributed by atoms with E-state index >= 15 is 0 Å². The summed E-state index contributed by atoms with van der Waals surface area (Å²) in [7, 11) is 0. The Kier molecular flexibility index (Phi) is 5.27. The summed E-state index contributed by atoms with van der Waals surface area (Å²) in [6, 6.07) is 0. The van der Waals surface area contributed by atoms with Gasteiger partial charge >= 0.3 is 12.1 Å². The van der Waals surface area contributed by atoms with Crippen molar-refractivity contribution in [3.05, 3.63) is 0 Å². The molecular weight excluding hydrogens is 210 g/mol. The topological polar surface area (TPSA) is 64.6 Å². The molecule has 0 aliphatic carbocycles. The van der Waals surface area contributed by atoms with Gasteiger partial charge in [0.05, 0.1) is 5.92 Å². The second-order valence-corrected chi connectivity index (χ2v) is 5.06. The second-order valence-electron chi connectivity index (χ2n) is 5.06. The van der Waals surface area contributed by atoms with E-state index in [0.717, 1.165) is 0 Å². The molecule has 5 heteroatoms. The molecule has 0 saturated heterocycles. The molecule has 0 aliphatic heterocycles. The molecule has 1 atom stereocenters. The van der Waals surface area contributed by atoms with Gasteiger partial charge in [-0.2, -0.15) is 0 Å². The van der Waals surface area contributed by atoms with Crippen molar-refractivity contribution in [1.82, 2.24) is 5.48 Å². The van der Waals surface area contributed by atoms with Gasteiger partial charge in [0.25, 0.3) is 0 Å². The van der Waals surface area contributed by atoms with Crippen LogP contribution in [0.2, 0.25) is 0 Å². The van der Waals surface area contributed by atoms with Gasteiger partial charge in [0.2, 0.25) is 0 Å². The first-order valence-electron chi connectivity index (χ1n) is 5.33. The lowest BCUT2D eigenvalue weighted by Gasteiger charge is -2.20. The van der Waals surface area contributed by atoms with E-state index in [1.165, 1.54) is 0 Å². The summed E-state index contributed by atoms with van der Waals surface area (Å²) in [5.41, 5.74) is 1.35. The Bertz CT molecular complexity index is 255. The van der Waals surface area contributed by atoms with Crippen LogP contribution in [0.25, 0.3) is 0 Å². The van der Waals surface area contributed by atoms with Crippen LogP contribution < -0.4 is 5.48 Å². The number of amides is 1. The van der Waals surface area contributed by atoms with Gasteiger partial charge in [-0.25, -0.2) is 9.59 Å². The second kappa shape index (κ2) is 5.72. The number of hydrogen-bond donors (Lipinski definition) is 1. The van der Waals surface area contributed by atoms with Crippen molar-refractivity contribution in [3.63, 3.8) is 0 Å². The minimum Gasteiger partial charge on any atom is -0.442 e. The fraction of sp³-hybridized carbons (Fsp3) is 0.818. The highest BCUT2D eigenvalue weighted by Gasteiger charge is 2.21. The molecule has 0 saturated carbocycles. The van der Waals surface area contributed by atoms with E-state index in [4.69, 9.17) is 4.74 Å². The van der Waals surface area contributed by atoms with Crippen molar-refractivity contribution in [2.45, 2.75) is 47.1 Å². The van der Waals surface area contributed by atoms with Crippen LogP contribution in [0.5, 0.6) is 0 Å². The van der Waals surface area contributed by atoms with E-state index in [0.29, 0.717) is 0 Å². The van der Waals surface area contributed by atoms with Gasteiger partial charge in [0.15, 0.2) is 0 Å². The maximum atomic E-state index is 11.4. The van der Waals surface area contributed by atoms with Gasteiger partial charge in [-0.05, 0) is 26.7 Å². The molecule has 0 aromatic carbocycles. The summed E-state index contributed by atoms with van der Waals surface area (Å²) >= 11 is 0. The standard InChI is InChI=1S/C11H21NO4/c1-7(2)8(3)9(13)16-12-10(14)15-11(4,5)6/h7-8H,1-6H3,(H,12,14). The third kappa shape index (κ3) is 6.27. The van der Waals surface area contributed by atoms with Crippen LogP contribution in [-0.4, -0.2) is 17.7 Å². The first kappa shape index (κ1) is 14.7. The molecule has 0 heterocycles. The first-order valence-corrected chi connectivity index (χ1v) is 5.33. The van der Waals surface area contributed by atoms with Crippen LogP contribution >= 0.6 is 0 Å². The molecule has 0 bridgehead atoms. The monoisotopic (exact) mass is 231 g/mol. The van der Waals surface area contributed by atoms with E-state index in [9.17, 15) is 9.59 Å². The molecule has 0 aliphatic rings. The van der Waals surface area contributed by atoms with Gasteiger partial charge in [-0.15, -0.1) is 5.48 Å². The zero-order valence-electron chi connectivity index (χ0n) is 10.8. The normalized spacial score (nSPS) is 13.2. The Morgan fingerprint density at radius 3 is 2.00 bits per heavy atom. The van der Waals surface area contributed by atoms with Crippen molar-refractivity contribution < 1.29 is 19.2 Å². The molecule has 0 rings (SSSR count). The average molecular weight is 231 g/mol. The average Bonchev–Trinajstić information content (AvgIpc) is 2.09. The van der Waals surface area contributed by atoms with E-state index < -0.39 is 17.7 Å². The number of carbonyl (C=O) groups is 2. The summed E-state index contributed by atoms with van der Waals surface area (Å²) in [5.74, 6) is -0.580. The highest BCUT2D eigenvalue weighted by molar-refractivity contribution is 5.75. The number of carbonyl (C=O) groups excluding carboxylic acids is 2. The van der Waals surface area contributed by atoms with Crippen molar-refractivity contribution in [1.29, 1.82) is 0 Å². The molecule has 1 N–H and O–H groups in total. The van der Waals surface area contributed by atoms with E-state index in [1.54, 1.807) is 27.7 Å². The third-order valence-corrected chi connectivity index (χ3v) is 2.01. The predicted octanol–water partition coefficient (Wildman–Crippen LogP) is 2.26. The Labute approximate surface area is 96.4 Å². The zero-order valence-corrected chi connectivity index (χ0v) is 10.8. The van der Waals surface area contributed by atoms with Crippen molar-refractivity contribution >= 4 is 12.1 Å². The van der Waals surface area contributed by atoms with Gasteiger partial charge in [0.1, 0.15) is 5.60 Å². The summed E-state index contributed by atoms with van der Waals surface area (Å²) in [4.78, 5) is 27.1. The maximum Gasteiger partial charge on any atom is 0.441 e. The van der Waals surface area contributed by atoms with Crippen LogP contribution in [0.1, 0.15) is 41.5 Å². The smallest absolute Gasteiger partial charge is 0.441 e. The highest BCUT2D eigenvalue weighted by Crippen LogP contribution is 2.11. The summed E-state index contributed by atoms with van der Waals surface area (Å²) in [5, 5.41) is 0. The fourth-order valence-electron chi connectivity index (χ4n) is 0.756. The fourth-order valence-corrected chi connectivity index (χ4v) is 0.756. The SMILES string of the molecule is CC(C)C(C)C(=O)ONC(=O)OC(C)(C)C. The molecule has 94 valence electrons. The number of hydrogen-bond acceptors (Lipinski definition) is 4. The molecule has 16 heavy (non-hydrogen) atoms. The summed E-state index contributed by atoms with van der Waals surface area (Å²) < 4.78 is 4.90. The zero-order chi connectivity index (χ0) is 12.9. The lowest BCUT2D eigenvalue weighted by atomic mass is 9.99. The Hall–Kier alpha value is -1.26. The molecular formula is C11H21NO4. The van der Waals surface area contributed by atoms with Gasteiger partial charge in [0, 0.05) is 0 Å². The number of rotatable bonds is 2. The van der Waals surface area contributed by atoms with Crippen LogP contribution in [0.3, 0.4) is 0 Å². The number of hydroxylamine groups is 1. The molecule has 0 aromatic rings. The largest absolute Gasteiger partial charge is 0.442 e. The Morgan fingerprint density at radius 1 is 1.12 bits per heavy atom. The van der Waals surface area contributed by atoms with Gasteiger partial charge < -0.3 is 9.57 Å². The summed E-state index contributed by atoms with van der Waals surface area (Å²) in [6.07, 6.45) is -0.767. The van der Waals surface area contributed by atoms with Gasteiger partial charge in [-0.1, -0.05) is 20.8 Å². The van der Waals surface area contributed by atoms with Crippen LogP contribution in [0.15, 0.2) is 0 Å². The highest BCUT2D eigenvalue weighted by atomic mass is 16.7. The lowest BCUT2D eigenvalue weighted by molar-refractivity contribution is -0.156. The van der Waals surface area contributed by atoms with Crippen LogP contribution in [-0.2, 0) is 14.4 Å². The molecule has 1 amide bonds. The first-order chi connectivity index (χ1) is 7.13. The Morgan fingerprint density at radius 2 is 1.62 bits per heavy atom. The van der Waals surface area contributed by atoms with Crippen molar-refractivity contribution in [2.75, 3.05) is 0 Å². The maximum absolute atomic E-state index is 11.4. The minimum atomic E-state index is -0.767. The number of nitrogens with one attached hydrogen (secondary N) is 1. The molecule has 0 radical (unpaired) electrons. The third-order valence-electron chi connectivity index (χ3n) is 2.01. The van der Waals surface area contributed by atoms with E-state index in [-0.39, 0.29) is 11.8 Å². The van der Waals surface area contributed by atoms with Crippen molar-refractivity contribution in [2.24, 2.45) is 11.8 Å².